The number of aliphatic hydroxyl groups excluding tert-OH is 1. The number of carbonyl (C=O) groups excluding carboxylic acids is 1. The van der Waals surface area contributed by atoms with Crippen molar-refractivity contribution >= 4 is 16.9 Å². The van der Waals surface area contributed by atoms with Crippen LogP contribution >= 0.6 is 11.8 Å². The monoisotopic (exact) mass is 290 g/mol. The van der Waals surface area contributed by atoms with Gasteiger partial charge in [-0.2, -0.15) is 0 Å². The molecule has 0 unspecified atom stereocenters. The molecular formula is C17H22O2S. The van der Waals surface area contributed by atoms with Crippen molar-refractivity contribution in [3.8, 4) is 0 Å². The summed E-state index contributed by atoms with van der Waals surface area (Å²) in [5.41, 5.74) is 3.06. The van der Waals surface area contributed by atoms with Gasteiger partial charge >= 0.3 is 0 Å². The minimum atomic E-state index is -0.523. The molecule has 0 saturated carbocycles. The van der Waals surface area contributed by atoms with Crippen LogP contribution in [0.15, 0.2) is 35.6 Å². The molecule has 1 aromatic rings. The highest BCUT2D eigenvalue weighted by molar-refractivity contribution is 8.15. The Labute approximate surface area is 125 Å². The van der Waals surface area contributed by atoms with Gasteiger partial charge in [-0.05, 0) is 36.8 Å². The van der Waals surface area contributed by atoms with Gasteiger partial charge in [0.25, 0.3) is 0 Å². The van der Waals surface area contributed by atoms with Gasteiger partial charge in [-0.15, -0.1) is 0 Å². The Morgan fingerprint density at radius 1 is 1.20 bits per heavy atom. The molecule has 0 aromatic heterocycles. The Balaban J connectivity index is 2.22. The zero-order valence-electron chi connectivity index (χ0n) is 12.8. The van der Waals surface area contributed by atoms with E-state index in [4.69, 9.17) is 0 Å². The molecule has 2 rings (SSSR count). The Kier molecular flexibility index (Phi) is 3.76. The highest BCUT2D eigenvalue weighted by Crippen LogP contribution is 2.44. The van der Waals surface area contributed by atoms with Crippen LogP contribution in [0.5, 0.6) is 0 Å². The van der Waals surface area contributed by atoms with E-state index in [1.807, 2.05) is 6.92 Å². The van der Waals surface area contributed by atoms with Crippen LogP contribution in [-0.2, 0) is 16.6 Å². The molecule has 108 valence electrons. The van der Waals surface area contributed by atoms with E-state index < -0.39 is 4.75 Å². The summed E-state index contributed by atoms with van der Waals surface area (Å²) in [6.07, 6.45) is 0.664. The molecule has 2 nitrogen and oxygen atoms in total. The van der Waals surface area contributed by atoms with E-state index >= 15 is 0 Å². The van der Waals surface area contributed by atoms with Crippen LogP contribution in [-0.4, -0.2) is 15.0 Å². The maximum atomic E-state index is 11.7. The van der Waals surface area contributed by atoms with Gasteiger partial charge in [0.05, 0.1) is 4.75 Å². The third-order valence-electron chi connectivity index (χ3n) is 3.84. The molecule has 1 heterocycles. The minimum Gasteiger partial charge on any atom is -0.510 e. The van der Waals surface area contributed by atoms with E-state index in [-0.39, 0.29) is 16.3 Å². The summed E-state index contributed by atoms with van der Waals surface area (Å²) in [5.74, 6) is 0.229. The summed E-state index contributed by atoms with van der Waals surface area (Å²) < 4.78 is -0.523. The summed E-state index contributed by atoms with van der Waals surface area (Å²) in [6, 6.07) is 8.46. The molecule has 0 radical (unpaired) electrons. The fourth-order valence-corrected chi connectivity index (χ4v) is 3.60. The Morgan fingerprint density at radius 3 is 2.15 bits per heavy atom. The number of hydrogen-bond acceptors (Lipinski definition) is 3. The van der Waals surface area contributed by atoms with Crippen molar-refractivity contribution in [2.24, 2.45) is 0 Å². The van der Waals surface area contributed by atoms with E-state index in [1.165, 1.54) is 17.3 Å². The van der Waals surface area contributed by atoms with Gasteiger partial charge in [0, 0.05) is 5.57 Å². The minimum absolute atomic E-state index is 0.0173. The first-order valence-electron chi connectivity index (χ1n) is 6.86. The standard InChI is InChI=1S/C17H22O2S/c1-11-14(18)17(5,20-15(11)19)10-12-6-8-13(9-7-12)16(2,3)4/h6-9,18H,10H2,1-5H3/t17-/m0/s1. The highest BCUT2D eigenvalue weighted by Gasteiger charge is 2.41. The normalized spacial score (nSPS) is 23.6. The lowest BCUT2D eigenvalue weighted by Gasteiger charge is -2.24. The van der Waals surface area contributed by atoms with Crippen LogP contribution in [0, 0.1) is 0 Å². The van der Waals surface area contributed by atoms with Gasteiger partial charge in [-0.25, -0.2) is 0 Å². The van der Waals surface area contributed by atoms with Crippen molar-refractivity contribution in [2.45, 2.75) is 51.2 Å². The van der Waals surface area contributed by atoms with Crippen molar-refractivity contribution in [3.63, 3.8) is 0 Å². The van der Waals surface area contributed by atoms with Gasteiger partial charge in [0.2, 0.25) is 5.12 Å². The molecule has 20 heavy (non-hydrogen) atoms. The van der Waals surface area contributed by atoms with Crippen LogP contribution in [0.4, 0.5) is 0 Å². The maximum Gasteiger partial charge on any atom is 0.219 e. The van der Waals surface area contributed by atoms with Crippen LogP contribution in [0.3, 0.4) is 0 Å². The van der Waals surface area contributed by atoms with Gasteiger partial charge in [0.1, 0.15) is 5.76 Å². The Hall–Kier alpha value is -1.22. The first kappa shape index (κ1) is 15.2. The first-order valence-corrected chi connectivity index (χ1v) is 7.68. The van der Waals surface area contributed by atoms with Crippen molar-refractivity contribution in [1.29, 1.82) is 0 Å². The van der Waals surface area contributed by atoms with Gasteiger partial charge in [-0.1, -0.05) is 56.8 Å². The van der Waals surface area contributed by atoms with Crippen LogP contribution in [0.1, 0.15) is 45.7 Å². The Morgan fingerprint density at radius 2 is 1.75 bits per heavy atom. The topological polar surface area (TPSA) is 37.3 Å². The van der Waals surface area contributed by atoms with E-state index in [0.29, 0.717) is 12.0 Å². The number of hydrogen-bond donors (Lipinski definition) is 1. The lowest BCUT2D eigenvalue weighted by atomic mass is 9.86. The third-order valence-corrected chi connectivity index (χ3v) is 5.12. The lowest BCUT2D eigenvalue weighted by Crippen LogP contribution is -2.24. The largest absolute Gasteiger partial charge is 0.510 e. The molecule has 1 N–H and O–H groups in total. The molecule has 1 atom stereocenters. The Bertz CT molecular complexity index is 564. The second-order valence-corrected chi connectivity index (χ2v) is 8.19. The van der Waals surface area contributed by atoms with E-state index in [0.717, 1.165) is 5.56 Å². The van der Waals surface area contributed by atoms with Gasteiger partial charge in [0.15, 0.2) is 0 Å². The summed E-state index contributed by atoms with van der Waals surface area (Å²) in [7, 11) is 0. The number of rotatable bonds is 2. The van der Waals surface area contributed by atoms with E-state index in [1.54, 1.807) is 6.92 Å². The quantitative estimate of drug-likeness (QED) is 0.877. The van der Waals surface area contributed by atoms with Crippen LogP contribution < -0.4 is 0 Å². The highest BCUT2D eigenvalue weighted by atomic mass is 32.2. The second-order valence-electron chi connectivity index (χ2n) is 6.72. The molecule has 3 heteroatoms. The summed E-state index contributed by atoms with van der Waals surface area (Å²) in [4.78, 5) is 11.7. The molecule has 0 bridgehead atoms. The molecule has 0 aliphatic carbocycles. The molecule has 1 aliphatic rings. The number of carbonyl (C=O) groups is 1. The predicted octanol–water partition coefficient (Wildman–Crippen LogP) is 4.39. The zero-order valence-corrected chi connectivity index (χ0v) is 13.6. The molecule has 0 amide bonds. The van der Waals surface area contributed by atoms with Gasteiger partial charge in [-0.3, -0.25) is 4.79 Å². The average molecular weight is 290 g/mol. The maximum absolute atomic E-state index is 11.7. The van der Waals surface area contributed by atoms with E-state index in [2.05, 4.69) is 45.0 Å². The van der Waals surface area contributed by atoms with Crippen LogP contribution in [0.2, 0.25) is 0 Å². The number of benzene rings is 1. The van der Waals surface area contributed by atoms with Crippen molar-refractivity contribution in [1.82, 2.24) is 0 Å². The number of thioether (sulfide) groups is 1. The van der Waals surface area contributed by atoms with Gasteiger partial charge < -0.3 is 5.11 Å². The summed E-state index contributed by atoms with van der Waals surface area (Å²) in [6.45, 7) is 10.2. The fraction of sp³-hybridized carbons (Fsp3) is 0.471. The molecule has 1 aromatic carbocycles. The average Bonchev–Trinajstić information content (AvgIpc) is 2.53. The van der Waals surface area contributed by atoms with Crippen LogP contribution in [0.25, 0.3) is 0 Å². The first-order chi connectivity index (χ1) is 9.13. The third kappa shape index (κ3) is 2.78. The summed E-state index contributed by atoms with van der Waals surface area (Å²) >= 11 is 1.23. The molecular weight excluding hydrogens is 268 g/mol. The summed E-state index contributed by atoms with van der Waals surface area (Å²) in [5, 5.41) is 10.2. The van der Waals surface area contributed by atoms with Crippen molar-refractivity contribution < 1.29 is 9.90 Å². The SMILES string of the molecule is CC1=C(O)[C@](C)(Cc2ccc(C(C)(C)C)cc2)SC1=O. The second kappa shape index (κ2) is 4.96. The molecule has 0 saturated heterocycles. The fourth-order valence-electron chi connectivity index (χ4n) is 2.45. The lowest BCUT2D eigenvalue weighted by molar-refractivity contribution is -0.107. The van der Waals surface area contributed by atoms with Crippen molar-refractivity contribution in [2.75, 3.05) is 0 Å². The smallest absolute Gasteiger partial charge is 0.219 e. The van der Waals surface area contributed by atoms with Crippen molar-refractivity contribution in [3.05, 3.63) is 46.7 Å². The molecule has 0 fully saturated rings. The zero-order chi connectivity index (χ0) is 15.1. The molecule has 1 aliphatic heterocycles. The molecule has 0 spiro atoms. The predicted molar refractivity (Wildman–Crippen MR) is 85.2 cm³/mol. The van der Waals surface area contributed by atoms with E-state index in [9.17, 15) is 9.90 Å². The number of aliphatic hydroxyl groups is 1.